The first-order chi connectivity index (χ1) is 7.65. The van der Waals surface area contributed by atoms with Crippen LogP contribution in [0.15, 0.2) is 0 Å². The van der Waals surface area contributed by atoms with Gasteiger partial charge in [-0.25, -0.2) is 0 Å². The Bertz CT molecular complexity index is 274. The van der Waals surface area contributed by atoms with Gasteiger partial charge in [0.05, 0.1) is 13.1 Å². The molecule has 2 rings (SSSR count). The summed E-state index contributed by atoms with van der Waals surface area (Å²) in [4.78, 5) is 24.4. The molecular weight excluding hydrogens is 206 g/mol. The Balaban J connectivity index is 1.95. The van der Waals surface area contributed by atoms with E-state index < -0.39 is 11.9 Å². The van der Waals surface area contributed by atoms with E-state index in [1.54, 1.807) is 0 Å². The molecule has 1 heterocycles. The number of hydrogen-bond donors (Lipinski definition) is 0. The Labute approximate surface area is 95.9 Å². The zero-order valence-electron chi connectivity index (χ0n) is 9.78. The maximum absolute atomic E-state index is 11.2. The Morgan fingerprint density at radius 2 is 1.75 bits per heavy atom. The summed E-state index contributed by atoms with van der Waals surface area (Å²) >= 11 is 0. The molecule has 2 fully saturated rings. The van der Waals surface area contributed by atoms with E-state index in [2.05, 4.69) is 11.7 Å². The highest BCUT2D eigenvalue weighted by Gasteiger charge is 2.30. The van der Waals surface area contributed by atoms with Crippen molar-refractivity contribution in [3.8, 4) is 0 Å². The van der Waals surface area contributed by atoms with Crippen molar-refractivity contribution in [2.24, 2.45) is 5.92 Å². The van der Waals surface area contributed by atoms with Crippen LogP contribution in [0.3, 0.4) is 0 Å². The molecule has 1 saturated heterocycles. The molecule has 4 nitrogen and oxygen atoms in total. The Kier molecular flexibility index (Phi) is 3.59. The van der Waals surface area contributed by atoms with Crippen LogP contribution in [0.25, 0.3) is 0 Å². The second kappa shape index (κ2) is 4.95. The van der Waals surface area contributed by atoms with Crippen molar-refractivity contribution in [2.45, 2.75) is 45.1 Å². The average Bonchev–Trinajstić information content (AvgIpc) is 2.41. The fraction of sp³-hybridized carbons (Fsp3) is 0.833. The lowest BCUT2D eigenvalue weighted by molar-refractivity contribution is -0.168. The Morgan fingerprint density at radius 3 is 2.44 bits per heavy atom. The molecule has 0 aromatic heterocycles. The summed E-state index contributed by atoms with van der Waals surface area (Å²) in [6, 6.07) is 0.391. The zero-order chi connectivity index (χ0) is 11.5. The van der Waals surface area contributed by atoms with Crippen molar-refractivity contribution in [1.82, 2.24) is 4.90 Å². The van der Waals surface area contributed by atoms with Crippen molar-refractivity contribution >= 4 is 11.9 Å². The van der Waals surface area contributed by atoms with Crippen LogP contribution in [0.1, 0.15) is 39.0 Å². The minimum absolute atomic E-state index is 0.283. The molecule has 0 radical (unpaired) electrons. The van der Waals surface area contributed by atoms with Crippen LogP contribution in [0.5, 0.6) is 0 Å². The van der Waals surface area contributed by atoms with Gasteiger partial charge in [0.25, 0.3) is 0 Å². The zero-order valence-corrected chi connectivity index (χ0v) is 9.78. The van der Waals surface area contributed by atoms with Gasteiger partial charge in [0.2, 0.25) is 0 Å². The van der Waals surface area contributed by atoms with Crippen LogP contribution < -0.4 is 0 Å². The average molecular weight is 225 g/mol. The molecule has 0 amide bonds. The maximum Gasteiger partial charge on any atom is 0.327 e. The lowest BCUT2D eigenvalue weighted by atomic mass is 10.0. The summed E-state index contributed by atoms with van der Waals surface area (Å²) in [7, 11) is 0. The van der Waals surface area contributed by atoms with E-state index in [0.29, 0.717) is 6.04 Å². The molecule has 0 aromatic carbocycles. The van der Waals surface area contributed by atoms with E-state index in [1.807, 2.05) is 4.90 Å². The first-order valence-corrected chi connectivity index (χ1v) is 6.12. The van der Waals surface area contributed by atoms with Crippen LogP contribution >= 0.6 is 0 Å². The summed E-state index contributed by atoms with van der Waals surface area (Å²) in [6.45, 7) is 2.84. The molecule has 1 saturated carbocycles. The van der Waals surface area contributed by atoms with Crippen LogP contribution in [-0.4, -0.2) is 36.0 Å². The van der Waals surface area contributed by atoms with Crippen molar-refractivity contribution in [1.29, 1.82) is 0 Å². The van der Waals surface area contributed by atoms with Crippen LogP contribution in [0, 0.1) is 5.92 Å². The van der Waals surface area contributed by atoms with E-state index in [9.17, 15) is 9.59 Å². The van der Waals surface area contributed by atoms with E-state index in [4.69, 9.17) is 0 Å². The molecule has 0 spiro atoms. The summed E-state index contributed by atoms with van der Waals surface area (Å²) in [5, 5.41) is 0. The van der Waals surface area contributed by atoms with Gasteiger partial charge in [-0.1, -0.05) is 19.8 Å². The molecule has 90 valence electrons. The maximum atomic E-state index is 11.2. The Hall–Kier alpha value is -0.900. The van der Waals surface area contributed by atoms with Gasteiger partial charge in [0.1, 0.15) is 0 Å². The van der Waals surface area contributed by atoms with Gasteiger partial charge in [-0.3, -0.25) is 14.5 Å². The van der Waals surface area contributed by atoms with Crippen molar-refractivity contribution < 1.29 is 14.3 Å². The third kappa shape index (κ3) is 2.82. The number of cyclic esters (lactones) is 2. The van der Waals surface area contributed by atoms with E-state index in [0.717, 1.165) is 18.8 Å². The number of carbonyl (C=O) groups excluding carboxylic acids is 2. The third-order valence-electron chi connectivity index (χ3n) is 3.64. The second-order valence-electron chi connectivity index (χ2n) is 5.02. The normalized spacial score (nSPS) is 33.3. The molecule has 0 bridgehead atoms. The van der Waals surface area contributed by atoms with Crippen LogP contribution in [-0.2, 0) is 14.3 Å². The van der Waals surface area contributed by atoms with E-state index in [-0.39, 0.29) is 13.1 Å². The topological polar surface area (TPSA) is 46.6 Å². The molecule has 1 aliphatic heterocycles. The number of esters is 2. The van der Waals surface area contributed by atoms with Gasteiger partial charge >= 0.3 is 11.9 Å². The highest BCUT2D eigenvalue weighted by Crippen LogP contribution is 2.26. The largest absolute Gasteiger partial charge is 0.391 e. The first kappa shape index (κ1) is 11.6. The van der Waals surface area contributed by atoms with Crippen molar-refractivity contribution in [2.75, 3.05) is 13.1 Å². The quantitative estimate of drug-likeness (QED) is 0.384. The fourth-order valence-electron chi connectivity index (χ4n) is 2.67. The number of hydrogen-bond acceptors (Lipinski definition) is 4. The number of morpholine rings is 1. The molecular formula is C12H19NO3. The summed E-state index contributed by atoms with van der Waals surface area (Å²) in [5.74, 6) is -0.0143. The molecule has 0 N–H and O–H groups in total. The molecule has 16 heavy (non-hydrogen) atoms. The fourth-order valence-corrected chi connectivity index (χ4v) is 2.67. The molecule has 1 aliphatic carbocycles. The van der Waals surface area contributed by atoms with Gasteiger partial charge < -0.3 is 4.74 Å². The minimum atomic E-state index is -0.395. The number of carbonyl (C=O) groups is 2. The second-order valence-corrected chi connectivity index (χ2v) is 5.02. The SMILES string of the molecule is CC1CCCC(N2CC(=O)OC(=O)C2)CC1. The third-order valence-corrected chi connectivity index (χ3v) is 3.64. The molecule has 2 unspecified atom stereocenters. The predicted molar refractivity (Wildman–Crippen MR) is 58.7 cm³/mol. The van der Waals surface area contributed by atoms with Crippen LogP contribution in [0.2, 0.25) is 0 Å². The first-order valence-electron chi connectivity index (χ1n) is 6.12. The van der Waals surface area contributed by atoms with Gasteiger partial charge in [0, 0.05) is 6.04 Å². The summed E-state index contributed by atoms with van der Waals surface area (Å²) in [5.41, 5.74) is 0. The van der Waals surface area contributed by atoms with Gasteiger partial charge in [-0.05, 0) is 25.2 Å². The van der Waals surface area contributed by atoms with Gasteiger partial charge in [-0.2, -0.15) is 0 Å². The molecule has 2 atom stereocenters. The van der Waals surface area contributed by atoms with E-state index in [1.165, 1.54) is 19.3 Å². The van der Waals surface area contributed by atoms with Gasteiger partial charge in [-0.15, -0.1) is 0 Å². The molecule has 0 aromatic rings. The Morgan fingerprint density at radius 1 is 1.06 bits per heavy atom. The monoisotopic (exact) mass is 225 g/mol. The van der Waals surface area contributed by atoms with Gasteiger partial charge in [0.15, 0.2) is 0 Å². The minimum Gasteiger partial charge on any atom is -0.391 e. The highest BCUT2D eigenvalue weighted by molar-refractivity contribution is 5.90. The molecule has 4 heteroatoms. The summed E-state index contributed by atoms with van der Waals surface area (Å²) < 4.78 is 4.54. The van der Waals surface area contributed by atoms with E-state index >= 15 is 0 Å². The highest BCUT2D eigenvalue weighted by atomic mass is 16.6. The number of nitrogens with zero attached hydrogens (tertiary/aromatic N) is 1. The summed E-state index contributed by atoms with van der Waals surface area (Å²) in [6.07, 6.45) is 5.87. The lowest BCUT2D eigenvalue weighted by Crippen LogP contribution is -2.48. The number of rotatable bonds is 1. The van der Waals surface area contributed by atoms with Crippen molar-refractivity contribution in [3.63, 3.8) is 0 Å². The molecule has 2 aliphatic rings. The van der Waals surface area contributed by atoms with Crippen molar-refractivity contribution in [3.05, 3.63) is 0 Å². The standard InChI is InChI=1S/C12H19NO3/c1-9-3-2-4-10(6-5-9)13-7-11(14)16-12(15)8-13/h9-10H,2-8H2,1H3. The smallest absolute Gasteiger partial charge is 0.327 e. The number of ether oxygens (including phenoxy) is 1. The lowest BCUT2D eigenvalue weighted by Gasteiger charge is -2.31. The predicted octanol–water partition coefficient (Wildman–Crippen LogP) is 1.34. The van der Waals surface area contributed by atoms with Crippen LogP contribution in [0.4, 0.5) is 0 Å².